The number of halogens is 2. The number of ether oxygens (including phenoxy) is 1. The summed E-state index contributed by atoms with van der Waals surface area (Å²) in [5.41, 5.74) is 1.87. The van der Waals surface area contributed by atoms with E-state index < -0.39 is 0 Å². The van der Waals surface area contributed by atoms with Gasteiger partial charge in [-0.3, -0.25) is 4.79 Å². The van der Waals surface area contributed by atoms with Gasteiger partial charge in [-0.15, -0.1) is 0 Å². The second-order valence-corrected chi connectivity index (χ2v) is 4.31. The van der Waals surface area contributed by atoms with E-state index in [9.17, 15) is 4.79 Å². The molecule has 1 rings (SSSR count). The molecule has 3 nitrogen and oxygen atoms in total. The molecule has 0 aliphatic heterocycles. The van der Waals surface area contributed by atoms with E-state index in [2.05, 4.69) is 15.9 Å². The maximum Gasteiger partial charge on any atom is 0.310 e. The van der Waals surface area contributed by atoms with Crippen LogP contribution in [0.1, 0.15) is 23.6 Å². The van der Waals surface area contributed by atoms with Crippen LogP contribution >= 0.6 is 27.5 Å². The van der Waals surface area contributed by atoms with Gasteiger partial charge in [0, 0.05) is 5.33 Å². The third-order valence-corrected chi connectivity index (χ3v) is 3.08. The van der Waals surface area contributed by atoms with Crippen LogP contribution in [0.15, 0.2) is 12.1 Å². The van der Waals surface area contributed by atoms with E-state index in [1.807, 2.05) is 6.07 Å². The summed E-state index contributed by atoms with van der Waals surface area (Å²) >= 11 is 9.29. The molecule has 0 aliphatic carbocycles. The zero-order valence-corrected chi connectivity index (χ0v) is 11.6. The second-order valence-electron chi connectivity index (χ2n) is 3.34. The second kappa shape index (κ2) is 6.63. The topological polar surface area (TPSA) is 50.1 Å². The fourth-order valence-electron chi connectivity index (χ4n) is 1.44. The third-order valence-electron chi connectivity index (χ3n) is 2.14. The number of benzene rings is 1. The minimum atomic E-state index is -0.355. The van der Waals surface area contributed by atoms with Gasteiger partial charge in [-0.2, -0.15) is 5.26 Å². The molecule has 0 aromatic heterocycles. The molecule has 0 saturated heterocycles. The van der Waals surface area contributed by atoms with Gasteiger partial charge in [0.15, 0.2) is 0 Å². The van der Waals surface area contributed by atoms with Crippen molar-refractivity contribution in [3.05, 3.63) is 33.8 Å². The van der Waals surface area contributed by atoms with Crippen molar-refractivity contribution in [2.75, 3.05) is 6.61 Å². The highest BCUT2D eigenvalue weighted by Crippen LogP contribution is 2.24. The molecule has 0 aliphatic rings. The Kier molecular flexibility index (Phi) is 5.46. The van der Waals surface area contributed by atoms with Crippen LogP contribution in [0.2, 0.25) is 5.02 Å². The van der Waals surface area contributed by atoms with Gasteiger partial charge in [-0.1, -0.05) is 33.6 Å². The fourth-order valence-corrected chi connectivity index (χ4v) is 2.06. The number of alkyl halides is 1. The summed E-state index contributed by atoms with van der Waals surface area (Å²) in [4.78, 5) is 11.4. The van der Waals surface area contributed by atoms with Crippen molar-refractivity contribution in [1.29, 1.82) is 5.26 Å². The molecule has 0 heterocycles. The van der Waals surface area contributed by atoms with Gasteiger partial charge in [-0.25, -0.2) is 0 Å². The molecule has 90 valence electrons. The smallest absolute Gasteiger partial charge is 0.310 e. The number of nitriles is 1. The summed E-state index contributed by atoms with van der Waals surface area (Å²) in [6.07, 6.45) is 0.0668. The highest BCUT2D eigenvalue weighted by atomic mass is 79.9. The van der Waals surface area contributed by atoms with Gasteiger partial charge in [0.1, 0.15) is 6.07 Å². The zero-order valence-electron chi connectivity index (χ0n) is 9.30. The lowest BCUT2D eigenvalue weighted by atomic mass is 10.0. The van der Waals surface area contributed by atoms with Crippen LogP contribution in [0.5, 0.6) is 0 Å². The highest BCUT2D eigenvalue weighted by Gasteiger charge is 2.13. The summed E-state index contributed by atoms with van der Waals surface area (Å²) < 4.78 is 4.86. The fraction of sp³-hybridized carbons (Fsp3) is 0.333. The summed E-state index contributed by atoms with van der Waals surface area (Å²) in [5, 5.41) is 9.99. The van der Waals surface area contributed by atoms with Crippen molar-refractivity contribution in [3.63, 3.8) is 0 Å². The molecule has 0 saturated carbocycles. The van der Waals surface area contributed by atoms with Crippen LogP contribution in [0.3, 0.4) is 0 Å². The first kappa shape index (κ1) is 14.0. The van der Waals surface area contributed by atoms with Crippen molar-refractivity contribution in [2.24, 2.45) is 0 Å². The van der Waals surface area contributed by atoms with Gasteiger partial charge in [-0.05, 0) is 24.1 Å². The minimum absolute atomic E-state index is 0.0668. The predicted octanol–water partition coefficient (Wildman–Crippen LogP) is 3.21. The Labute approximate surface area is 113 Å². The lowest BCUT2D eigenvalue weighted by molar-refractivity contribution is -0.142. The van der Waals surface area contributed by atoms with Crippen LogP contribution in [0, 0.1) is 11.3 Å². The normalized spacial score (nSPS) is 9.76. The number of esters is 1. The molecule has 0 N–H and O–H groups in total. The molecule has 0 bridgehead atoms. The quantitative estimate of drug-likeness (QED) is 0.633. The molecule has 1 aromatic rings. The third kappa shape index (κ3) is 3.72. The van der Waals surface area contributed by atoms with Crippen molar-refractivity contribution in [2.45, 2.75) is 18.7 Å². The molecule has 0 unspecified atom stereocenters. The lowest BCUT2D eigenvalue weighted by Crippen LogP contribution is -2.09. The molecule has 0 amide bonds. The lowest BCUT2D eigenvalue weighted by Gasteiger charge is -2.08. The summed E-state index contributed by atoms with van der Waals surface area (Å²) in [6, 6.07) is 5.51. The van der Waals surface area contributed by atoms with Crippen LogP contribution in [-0.2, 0) is 21.3 Å². The number of carbonyl (C=O) groups is 1. The minimum Gasteiger partial charge on any atom is -0.466 e. The van der Waals surface area contributed by atoms with Crippen LogP contribution in [-0.4, -0.2) is 12.6 Å². The predicted molar refractivity (Wildman–Crippen MR) is 69.1 cm³/mol. The van der Waals surface area contributed by atoms with E-state index >= 15 is 0 Å². The van der Waals surface area contributed by atoms with Crippen molar-refractivity contribution < 1.29 is 9.53 Å². The van der Waals surface area contributed by atoms with Crippen molar-refractivity contribution in [1.82, 2.24) is 0 Å². The number of rotatable bonds is 4. The monoisotopic (exact) mass is 315 g/mol. The Bertz CT molecular complexity index is 468. The Hall–Kier alpha value is -1.05. The standard InChI is InChI=1S/C12H11BrClNO2/c1-2-17-12(16)5-9-3-8(6-13)4-11(14)10(9)7-15/h3-4H,2,5-6H2,1H3. The molecule has 0 spiro atoms. The number of hydrogen-bond donors (Lipinski definition) is 0. The van der Waals surface area contributed by atoms with Crippen LogP contribution in [0.4, 0.5) is 0 Å². The maximum atomic E-state index is 11.4. The Morgan fingerprint density at radius 2 is 2.29 bits per heavy atom. The van der Waals surface area contributed by atoms with Gasteiger partial charge in [0.05, 0.1) is 23.6 Å². The maximum absolute atomic E-state index is 11.4. The van der Waals surface area contributed by atoms with Crippen molar-refractivity contribution >= 4 is 33.5 Å². The largest absolute Gasteiger partial charge is 0.466 e. The molecular weight excluding hydrogens is 305 g/mol. The molecule has 0 fully saturated rings. The zero-order chi connectivity index (χ0) is 12.8. The van der Waals surface area contributed by atoms with Gasteiger partial charge in [0.2, 0.25) is 0 Å². The average Bonchev–Trinajstić information content (AvgIpc) is 2.28. The molecule has 0 atom stereocenters. The van der Waals surface area contributed by atoms with Gasteiger partial charge >= 0.3 is 5.97 Å². The molecule has 1 aromatic carbocycles. The molecule has 5 heteroatoms. The summed E-state index contributed by atoms with van der Waals surface area (Å²) in [7, 11) is 0. The van der Waals surface area contributed by atoms with Gasteiger partial charge < -0.3 is 4.74 Å². The first-order valence-electron chi connectivity index (χ1n) is 5.05. The van der Waals surface area contributed by atoms with E-state index in [1.165, 1.54) is 0 Å². The molecule has 17 heavy (non-hydrogen) atoms. The van der Waals surface area contributed by atoms with Crippen LogP contribution in [0.25, 0.3) is 0 Å². The first-order valence-corrected chi connectivity index (χ1v) is 6.55. The molecular formula is C12H11BrClNO2. The number of carbonyl (C=O) groups excluding carboxylic acids is 1. The summed E-state index contributed by atoms with van der Waals surface area (Å²) in [6.45, 7) is 2.07. The number of hydrogen-bond acceptors (Lipinski definition) is 3. The SMILES string of the molecule is CCOC(=O)Cc1cc(CBr)cc(Cl)c1C#N. The van der Waals surface area contributed by atoms with E-state index in [1.54, 1.807) is 19.1 Å². The van der Waals surface area contributed by atoms with Crippen LogP contribution < -0.4 is 0 Å². The Morgan fingerprint density at radius 1 is 1.59 bits per heavy atom. The average molecular weight is 317 g/mol. The Balaban J connectivity index is 3.08. The number of nitrogens with zero attached hydrogens (tertiary/aromatic N) is 1. The van der Waals surface area contributed by atoms with E-state index in [-0.39, 0.29) is 12.4 Å². The van der Waals surface area contributed by atoms with E-state index in [0.717, 1.165) is 5.56 Å². The highest BCUT2D eigenvalue weighted by molar-refractivity contribution is 9.08. The first-order chi connectivity index (χ1) is 8.12. The summed E-state index contributed by atoms with van der Waals surface area (Å²) in [5.74, 6) is -0.355. The molecule has 0 radical (unpaired) electrons. The Morgan fingerprint density at radius 3 is 2.82 bits per heavy atom. The van der Waals surface area contributed by atoms with Crippen molar-refractivity contribution in [3.8, 4) is 6.07 Å². The van der Waals surface area contributed by atoms with Gasteiger partial charge in [0.25, 0.3) is 0 Å². The van der Waals surface area contributed by atoms with E-state index in [4.69, 9.17) is 21.6 Å². The van der Waals surface area contributed by atoms with E-state index in [0.29, 0.717) is 28.1 Å².